The minimum absolute atomic E-state index is 0.239. The third-order valence-electron chi connectivity index (χ3n) is 4.53. The van der Waals surface area contributed by atoms with Crippen molar-refractivity contribution in [2.75, 3.05) is 6.54 Å². The lowest BCUT2D eigenvalue weighted by molar-refractivity contribution is -0.118. The van der Waals surface area contributed by atoms with Crippen molar-refractivity contribution >= 4 is 17.6 Å². The zero-order valence-electron chi connectivity index (χ0n) is 16.7. The van der Waals surface area contributed by atoms with Crippen LogP contribution in [-0.2, 0) is 9.53 Å². The van der Waals surface area contributed by atoms with E-state index in [2.05, 4.69) is 10.6 Å². The highest BCUT2D eigenvalue weighted by atomic mass is 19.1. The van der Waals surface area contributed by atoms with Crippen molar-refractivity contribution in [3.05, 3.63) is 41.7 Å². The summed E-state index contributed by atoms with van der Waals surface area (Å²) < 4.78 is 18.3. The quantitative estimate of drug-likeness (QED) is 0.737. The van der Waals surface area contributed by atoms with Gasteiger partial charge in [-0.15, -0.1) is 0 Å². The molecule has 0 heterocycles. The maximum Gasteiger partial charge on any atom is 0.407 e. The molecule has 1 unspecified atom stereocenters. The summed E-state index contributed by atoms with van der Waals surface area (Å²) in [7, 11) is 0. The Kier molecular flexibility index (Phi) is 6.29. The van der Waals surface area contributed by atoms with Gasteiger partial charge in [0.15, 0.2) is 0 Å². The number of alkyl carbamates (subject to hydrolysis) is 1. The lowest BCUT2D eigenvalue weighted by Gasteiger charge is -2.31. The van der Waals surface area contributed by atoms with Crippen LogP contribution in [0.1, 0.15) is 53.0 Å². The highest BCUT2D eigenvalue weighted by Gasteiger charge is 2.42. The third kappa shape index (κ3) is 6.70. The summed E-state index contributed by atoms with van der Waals surface area (Å²) in [5, 5.41) is 5.79. The molecule has 0 saturated heterocycles. The summed E-state index contributed by atoms with van der Waals surface area (Å²) in [6.07, 6.45) is 3.02. The average molecular weight is 376 g/mol. The van der Waals surface area contributed by atoms with Crippen LogP contribution in [0.3, 0.4) is 0 Å². The number of allylic oxidation sites excluding steroid dienone is 1. The zero-order chi connectivity index (χ0) is 20.2. The predicted octanol–water partition coefficient (Wildman–Crippen LogP) is 4.04. The number of ether oxygens (including phenoxy) is 1. The average Bonchev–Trinajstić information content (AvgIpc) is 3.37. The number of rotatable bonds is 6. The molecule has 1 aromatic rings. The molecule has 1 aromatic carbocycles. The van der Waals surface area contributed by atoms with Crippen molar-refractivity contribution < 1.29 is 18.7 Å². The molecular weight excluding hydrogens is 347 g/mol. The van der Waals surface area contributed by atoms with E-state index >= 15 is 0 Å². The minimum Gasteiger partial charge on any atom is -0.444 e. The standard InChI is InChI=1S/C21H29FN2O3/c1-14(15-6-10-17(22)11-7-15)12-18(25)24-21(5,16-8-9-16)13-23-19(26)27-20(2,3)4/h6-7,10-12,16H,8-9,13H2,1-5H3,(H,23,26)(H,24,25). The molecule has 2 amide bonds. The molecule has 1 saturated carbocycles. The molecule has 0 radical (unpaired) electrons. The monoisotopic (exact) mass is 376 g/mol. The molecule has 0 bridgehead atoms. The fourth-order valence-corrected chi connectivity index (χ4v) is 2.89. The molecule has 1 aliphatic carbocycles. The third-order valence-corrected chi connectivity index (χ3v) is 4.53. The Morgan fingerprint density at radius 2 is 1.78 bits per heavy atom. The van der Waals surface area contributed by atoms with Crippen molar-refractivity contribution in [2.45, 2.75) is 58.6 Å². The lowest BCUT2D eigenvalue weighted by Crippen LogP contribution is -2.55. The fraction of sp³-hybridized carbons (Fsp3) is 0.524. The van der Waals surface area contributed by atoms with Crippen molar-refractivity contribution in [3.8, 4) is 0 Å². The normalized spacial score (nSPS) is 17.0. The van der Waals surface area contributed by atoms with Crippen LogP contribution in [0.5, 0.6) is 0 Å². The summed E-state index contributed by atoms with van der Waals surface area (Å²) >= 11 is 0. The highest BCUT2D eigenvalue weighted by Crippen LogP contribution is 2.39. The molecule has 0 aliphatic heterocycles. The number of nitrogens with one attached hydrogen (secondary N) is 2. The van der Waals surface area contributed by atoms with Crippen LogP contribution in [0.25, 0.3) is 5.57 Å². The van der Waals surface area contributed by atoms with E-state index < -0.39 is 17.2 Å². The number of halogens is 1. The second kappa shape index (κ2) is 8.11. The van der Waals surface area contributed by atoms with Gasteiger partial charge in [-0.05, 0) is 76.6 Å². The Morgan fingerprint density at radius 3 is 2.30 bits per heavy atom. The van der Waals surface area contributed by atoms with Crippen LogP contribution in [0.15, 0.2) is 30.3 Å². The van der Waals surface area contributed by atoms with Gasteiger partial charge in [0.25, 0.3) is 0 Å². The minimum atomic E-state index is -0.571. The van der Waals surface area contributed by atoms with Gasteiger partial charge < -0.3 is 15.4 Å². The van der Waals surface area contributed by atoms with Gasteiger partial charge in [-0.25, -0.2) is 9.18 Å². The summed E-state index contributed by atoms with van der Waals surface area (Å²) in [6.45, 7) is 9.44. The maximum absolute atomic E-state index is 13.0. The Morgan fingerprint density at radius 1 is 1.19 bits per heavy atom. The molecule has 2 rings (SSSR count). The Bertz CT molecular complexity index is 718. The van der Waals surface area contributed by atoms with Crippen molar-refractivity contribution in [2.24, 2.45) is 5.92 Å². The Balaban J connectivity index is 1.99. The molecular formula is C21H29FN2O3. The van der Waals surface area contributed by atoms with Gasteiger partial charge in [0.05, 0.1) is 5.54 Å². The number of hydrogen-bond donors (Lipinski definition) is 2. The van der Waals surface area contributed by atoms with E-state index in [1.165, 1.54) is 18.2 Å². The first-order valence-electron chi connectivity index (χ1n) is 9.22. The van der Waals surface area contributed by atoms with Crippen molar-refractivity contribution in [1.82, 2.24) is 10.6 Å². The Hall–Kier alpha value is -2.37. The first kappa shape index (κ1) is 20.9. The highest BCUT2D eigenvalue weighted by molar-refractivity contribution is 5.95. The van der Waals surface area contributed by atoms with Crippen LogP contribution in [0.4, 0.5) is 9.18 Å². The molecule has 5 nitrogen and oxygen atoms in total. The SMILES string of the molecule is CC(=CC(=O)NC(C)(CNC(=O)OC(C)(C)C)C1CC1)c1ccc(F)cc1. The second-order valence-corrected chi connectivity index (χ2v) is 8.37. The number of amides is 2. The fourth-order valence-electron chi connectivity index (χ4n) is 2.89. The molecule has 0 spiro atoms. The van der Waals surface area contributed by atoms with Gasteiger partial charge in [0.2, 0.25) is 5.91 Å². The molecule has 148 valence electrons. The van der Waals surface area contributed by atoms with Crippen LogP contribution in [-0.4, -0.2) is 29.7 Å². The first-order valence-corrected chi connectivity index (χ1v) is 9.22. The molecule has 6 heteroatoms. The number of hydrogen-bond acceptors (Lipinski definition) is 3. The van der Waals surface area contributed by atoms with Crippen LogP contribution in [0.2, 0.25) is 0 Å². The van der Waals surface area contributed by atoms with Gasteiger partial charge in [0, 0.05) is 12.6 Å². The summed E-state index contributed by atoms with van der Waals surface area (Å²) in [5.74, 6) is -0.237. The molecule has 1 fully saturated rings. The van der Waals surface area contributed by atoms with E-state index in [9.17, 15) is 14.0 Å². The van der Waals surface area contributed by atoms with Gasteiger partial charge in [0.1, 0.15) is 11.4 Å². The molecule has 1 atom stereocenters. The largest absolute Gasteiger partial charge is 0.444 e. The number of carbonyl (C=O) groups is 2. The van der Waals surface area contributed by atoms with Crippen molar-refractivity contribution in [3.63, 3.8) is 0 Å². The summed E-state index contributed by atoms with van der Waals surface area (Å²) in [6, 6.07) is 6.00. The summed E-state index contributed by atoms with van der Waals surface area (Å²) in [5.41, 5.74) is 0.406. The van der Waals surface area contributed by atoms with E-state index in [1.54, 1.807) is 39.8 Å². The van der Waals surface area contributed by atoms with Gasteiger partial charge in [-0.1, -0.05) is 12.1 Å². The van der Waals surface area contributed by atoms with Crippen molar-refractivity contribution in [1.29, 1.82) is 0 Å². The lowest BCUT2D eigenvalue weighted by atomic mass is 9.95. The first-order chi connectivity index (χ1) is 12.5. The molecule has 2 N–H and O–H groups in total. The topological polar surface area (TPSA) is 67.4 Å². The van der Waals surface area contributed by atoms with E-state index in [-0.39, 0.29) is 11.7 Å². The Labute approximate surface area is 160 Å². The molecule has 0 aromatic heterocycles. The van der Waals surface area contributed by atoms with E-state index in [0.29, 0.717) is 12.5 Å². The maximum atomic E-state index is 13.0. The van der Waals surface area contributed by atoms with E-state index in [1.807, 2.05) is 6.92 Å². The molecule has 1 aliphatic rings. The van der Waals surface area contributed by atoms with Gasteiger partial charge >= 0.3 is 6.09 Å². The van der Waals surface area contributed by atoms with Gasteiger partial charge in [-0.3, -0.25) is 4.79 Å². The van der Waals surface area contributed by atoms with E-state index in [0.717, 1.165) is 24.0 Å². The number of carbonyl (C=O) groups excluding carboxylic acids is 2. The van der Waals surface area contributed by atoms with E-state index in [4.69, 9.17) is 4.74 Å². The zero-order valence-corrected chi connectivity index (χ0v) is 16.7. The predicted molar refractivity (Wildman–Crippen MR) is 104 cm³/mol. The van der Waals surface area contributed by atoms with Crippen LogP contribution >= 0.6 is 0 Å². The summed E-state index contributed by atoms with van der Waals surface area (Å²) in [4.78, 5) is 24.4. The van der Waals surface area contributed by atoms with Crippen LogP contribution < -0.4 is 10.6 Å². The number of benzene rings is 1. The smallest absolute Gasteiger partial charge is 0.407 e. The second-order valence-electron chi connectivity index (χ2n) is 8.37. The van der Waals surface area contributed by atoms with Crippen LogP contribution in [0, 0.1) is 11.7 Å². The van der Waals surface area contributed by atoms with Gasteiger partial charge in [-0.2, -0.15) is 0 Å². The molecule has 27 heavy (non-hydrogen) atoms.